The van der Waals surface area contributed by atoms with Crippen molar-refractivity contribution in [2.24, 2.45) is 10.1 Å². The van der Waals surface area contributed by atoms with E-state index in [9.17, 15) is 4.79 Å². The molecule has 1 aliphatic rings. The van der Waals surface area contributed by atoms with Crippen LogP contribution in [-0.4, -0.2) is 23.1 Å². The Morgan fingerprint density at radius 3 is 2.80 bits per heavy atom. The van der Waals surface area contributed by atoms with E-state index in [1.807, 2.05) is 30.3 Å². The topological polar surface area (TPSA) is 66.7 Å². The van der Waals surface area contributed by atoms with Gasteiger partial charge in [0, 0.05) is 18.0 Å². The molecule has 2 aromatic rings. The molecule has 3 rings (SSSR count). The average Bonchev–Trinajstić information content (AvgIpc) is 2.90. The Morgan fingerprint density at radius 2 is 2.00 bits per heavy atom. The summed E-state index contributed by atoms with van der Waals surface area (Å²) in [7, 11) is 0. The van der Waals surface area contributed by atoms with E-state index < -0.39 is 0 Å². The zero-order valence-corrected chi connectivity index (χ0v) is 10.6. The van der Waals surface area contributed by atoms with E-state index in [1.54, 1.807) is 30.7 Å². The molecule has 0 radical (unpaired) electrons. The largest absolute Gasteiger partial charge is 0.271 e. The highest BCUT2D eigenvalue weighted by atomic mass is 16.2. The molecule has 0 aliphatic carbocycles. The standard InChI is InChI=1S/C15H12N4O/c20-15(11-5-7-16-8-6-11)19-17-10-13-9-12-3-1-2-4-14(12)18-13/h1-10,13H,(H,19,20). The molecule has 1 N–H and O–H groups in total. The summed E-state index contributed by atoms with van der Waals surface area (Å²) in [6.07, 6.45) is 6.74. The molecule has 2 heterocycles. The lowest BCUT2D eigenvalue weighted by Crippen LogP contribution is -2.19. The van der Waals surface area contributed by atoms with E-state index in [4.69, 9.17) is 0 Å². The molecule has 0 fully saturated rings. The molecule has 1 unspecified atom stereocenters. The Kier molecular flexibility index (Phi) is 3.33. The van der Waals surface area contributed by atoms with Crippen molar-refractivity contribution in [2.45, 2.75) is 6.04 Å². The summed E-state index contributed by atoms with van der Waals surface area (Å²) in [5.74, 6) is -0.265. The number of hydrazone groups is 1. The lowest BCUT2D eigenvalue weighted by atomic mass is 10.2. The van der Waals surface area contributed by atoms with Crippen molar-refractivity contribution in [3.8, 4) is 0 Å². The van der Waals surface area contributed by atoms with E-state index in [0.717, 1.165) is 10.6 Å². The van der Waals surface area contributed by atoms with Crippen LogP contribution in [0.3, 0.4) is 0 Å². The molecule has 5 heteroatoms. The third-order valence-electron chi connectivity index (χ3n) is 2.91. The summed E-state index contributed by atoms with van der Waals surface area (Å²) in [4.78, 5) is 20.1. The van der Waals surface area contributed by atoms with Crippen LogP contribution in [0.1, 0.15) is 10.4 Å². The normalized spacial score (nSPS) is 16.3. The van der Waals surface area contributed by atoms with Crippen LogP contribution in [0.5, 0.6) is 0 Å². The van der Waals surface area contributed by atoms with Crippen molar-refractivity contribution in [1.82, 2.24) is 10.4 Å². The first kappa shape index (κ1) is 12.2. The minimum atomic E-state index is -0.265. The van der Waals surface area contributed by atoms with Gasteiger partial charge in [-0.25, -0.2) is 5.43 Å². The summed E-state index contributed by atoms with van der Waals surface area (Å²) in [6.45, 7) is 0. The van der Waals surface area contributed by atoms with Gasteiger partial charge < -0.3 is 0 Å². The number of carbonyl (C=O) groups excluding carboxylic acids is 1. The fourth-order valence-electron chi connectivity index (χ4n) is 1.94. The summed E-state index contributed by atoms with van der Waals surface area (Å²) < 4.78 is 0. The summed E-state index contributed by atoms with van der Waals surface area (Å²) >= 11 is 0. The molecule has 1 aliphatic heterocycles. The third kappa shape index (κ3) is 2.61. The first-order valence-corrected chi connectivity index (χ1v) is 6.21. The molecular formula is C15H12N4O. The number of nitrogens with one attached hydrogen (secondary N) is 1. The molecule has 1 atom stereocenters. The van der Waals surface area contributed by atoms with Gasteiger partial charge in [-0.15, -0.1) is 0 Å². The summed E-state index contributed by atoms with van der Waals surface area (Å²) in [5.41, 5.74) is 3.00. The van der Waals surface area contributed by atoms with Crippen molar-refractivity contribution >= 4 is 18.2 Å². The van der Waals surface area contributed by atoms with Crippen LogP contribution in [0.15, 0.2) is 58.9 Å². The van der Waals surface area contributed by atoms with Crippen molar-refractivity contribution in [1.29, 1.82) is 0 Å². The van der Waals surface area contributed by atoms with Crippen molar-refractivity contribution in [2.75, 3.05) is 0 Å². The van der Waals surface area contributed by atoms with E-state index in [2.05, 4.69) is 20.5 Å². The zero-order chi connectivity index (χ0) is 13.8. The second kappa shape index (κ2) is 5.44. The Morgan fingerprint density at radius 1 is 1.20 bits per heavy atom. The fourth-order valence-corrected chi connectivity index (χ4v) is 1.94. The van der Waals surface area contributed by atoms with Crippen LogP contribution < -0.4 is 16.0 Å². The molecule has 1 amide bonds. The smallest absolute Gasteiger partial charge is 0.271 e. The Bertz CT molecular complexity index is 733. The number of fused-ring (bicyclic) bond motifs is 1. The quantitative estimate of drug-likeness (QED) is 0.639. The predicted octanol–water partition coefficient (Wildman–Crippen LogP) is 0.280. The number of hydrogen-bond acceptors (Lipinski definition) is 4. The minimum absolute atomic E-state index is 0.134. The van der Waals surface area contributed by atoms with Crippen LogP contribution in [0.4, 0.5) is 0 Å². The van der Waals surface area contributed by atoms with E-state index in [-0.39, 0.29) is 11.9 Å². The van der Waals surface area contributed by atoms with Gasteiger partial charge in [0.2, 0.25) is 0 Å². The maximum absolute atomic E-state index is 11.7. The fraction of sp³-hybridized carbons (Fsp3) is 0.0667. The molecule has 20 heavy (non-hydrogen) atoms. The maximum atomic E-state index is 11.7. The van der Waals surface area contributed by atoms with Crippen LogP contribution in [0.25, 0.3) is 6.08 Å². The Hall–Kier alpha value is -2.82. The number of pyridine rings is 1. The van der Waals surface area contributed by atoms with Gasteiger partial charge in [-0.3, -0.25) is 14.8 Å². The first-order chi connectivity index (χ1) is 9.83. The lowest BCUT2D eigenvalue weighted by molar-refractivity contribution is 0.0955. The Balaban J connectivity index is 1.65. The van der Waals surface area contributed by atoms with E-state index in [1.165, 1.54) is 0 Å². The number of carbonyl (C=O) groups is 1. The number of nitrogens with zero attached hydrogens (tertiary/aromatic N) is 3. The highest BCUT2D eigenvalue weighted by Crippen LogP contribution is 1.96. The molecule has 5 nitrogen and oxygen atoms in total. The second-order valence-electron chi connectivity index (χ2n) is 4.30. The molecule has 0 saturated heterocycles. The maximum Gasteiger partial charge on any atom is 0.271 e. The van der Waals surface area contributed by atoms with Gasteiger partial charge in [0.05, 0.1) is 11.6 Å². The van der Waals surface area contributed by atoms with Gasteiger partial charge >= 0.3 is 0 Å². The summed E-state index contributed by atoms with van der Waals surface area (Å²) in [6, 6.07) is 11.0. The minimum Gasteiger partial charge on any atom is -0.271 e. The van der Waals surface area contributed by atoms with Crippen LogP contribution in [0.2, 0.25) is 0 Å². The molecule has 98 valence electrons. The zero-order valence-electron chi connectivity index (χ0n) is 10.6. The van der Waals surface area contributed by atoms with Crippen molar-refractivity contribution in [3.63, 3.8) is 0 Å². The number of aromatic nitrogens is 1. The number of benzene rings is 1. The highest BCUT2D eigenvalue weighted by molar-refractivity contribution is 5.94. The predicted molar refractivity (Wildman–Crippen MR) is 75.7 cm³/mol. The van der Waals surface area contributed by atoms with Gasteiger partial charge in [-0.05, 0) is 29.5 Å². The molecule has 1 aromatic heterocycles. The number of hydrogen-bond donors (Lipinski definition) is 1. The van der Waals surface area contributed by atoms with Crippen molar-refractivity contribution in [3.05, 3.63) is 64.9 Å². The van der Waals surface area contributed by atoms with Gasteiger partial charge in [-0.1, -0.05) is 18.2 Å². The van der Waals surface area contributed by atoms with E-state index >= 15 is 0 Å². The number of para-hydroxylation sites is 1. The van der Waals surface area contributed by atoms with Crippen LogP contribution in [-0.2, 0) is 0 Å². The third-order valence-corrected chi connectivity index (χ3v) is 2.91. The monoisotopic (exact) mass is 264 g/mol. The first-order valence-electron chi connectivity index (χ1n) is 6.21. The molecule has 0 spiro atoms. The van der Waals surface area contributed by atoms with Gasteiger partial charge in [0.25, 0.3) is 5.91 Å². The lowest BCUT2D eigenvalue weighted by Gasteiger charge is -1.99. The van der Waals surface area contributed by atoms with Gasteiger partial charge in [0.15, 0.2) is 0 Å². The number of rotatable bonds is 3. The molecular weight excluding hydrogens is 252 g/mol. The van der Waals surface area contributed by atoms with Crippen molar-refractivity contribution < 1.29 is 4.79 Å². The second-order valence-corrected chi connectivity index (χ2v) is 4.30. The SMILES string of the molecule is O=C(NN=CC1C=c2ccccc2=N1)c1ccncc1. The Labute approximate surface area is 115 Å². The average molecular weight is 264 g/mol. The number of amides is 1. The molecule has 1 aromatic carbocycles. The molecule has 0 bridgehead atoms. The van der Waals surface area contributed by atoms with E-state index in [0.29, 0.717) is 5.56 Å². The van der Waals surface area contributed by atoms with Crippen LogP contribution >= 0.6 is 0 Å². The van der Waals surface area contributed by atoms with Gasteiger partial charge in [-0.2, -0.15) is 5.10 Å². The highest BCUT2D eigenvalue weighted by Gasteiger charge is 2.06. The molecule has 0 saturated carbocycles. The van der Waals surface area contributed by atoms with Crippen LogP contribution in [0, 0.1) is 0 Å². The summed E-state index contributed by atoms with van der Waals surface area (Å²) in [5, 5.41) is 5.98. The van der Waals surface area contributed by atoms with Gasteiger partial charge in [0.1, 0.15) is 6.04 Å².